The average Bonchev–Trinajstić information content (AvgIpc) is 3.10. The molecule has 0 saturated carbocycles. The molecule has 3 saturated heterocycles. The van der Waals surface area contributed by atoms with Crippen LogP contribution in [0.15, 0.2) is 0 Å². The van der Waals surface area contributed by atoms with Crippen LogP contribution >= 0.6 is 11.8 Å². The van der Waals surface area contributed by atoms with Crippen LogP contribution in [0.3, 0.4) is 0 Å². The number of rotatable bonds is 4. The molecule has 0 aromatic carbocycles. The number of carbonyl (C=O) groups excluding carboxylic acids is 2. The first kappa shape index (κ1) is 16.1. The second kappa shape index (κ2) is 7.21. The van der Waals surface area contributed by atoms with Crippen molar-refractivity contribution in [3.05, 3.63) is 0 Å². The van der Waals surface area contributed by atoms with Gasteiger partial charge in [0, 0.05) is 37.3 Å². The van der Waals surface area contributed by atoms with Crippen LogP contribution in [0.4, 0.5) is 0 Å². The van der Waals surface area contributed by atoms with Gasteiger partial charge in [-0.05, 0) is 25.7 Å². The lowest BCUT2D eigenvalue weighted by molar-refractivity contribution is -0.143. The van der Waals surface area contributed by atoms with E-state index >= 15 is 0 Å². The molecule has 0 spiro atoms. The standard InChI is InChI=1S/C16H27N3O2S/c1-2-3-4-15(20)19-11-22-10-14(19)16(21)18-8-7-12-5-6-13(9-18)17-12/h12-14,17H,2-11H2,1H3. The number of thioether (sulfide) groups is 1. The summed E-state index contributed by atoms with van der Waals surface area (Å²) < 4.78 is 0. The molecule has 0 aliphatic carbocycles. The number of nitrogens with zero attached hydrogens (tertiary/aromatic N) is 2. The molecule has 3 aliphatic rings. The van der Waals surface area contributed by atoms with Crippen LogP contribution in [0.2, 0.25) is 0 Å². The Hall–Kier alpha value is -0.750. The summed E-state index contributed by atoms with van der Waals surface area (Å²) in [5.41, 5.74) is 0. The van der Waals surface area contributed by atoms with E-state index in [1.165, 1.54) is 12.8 Å². The van der Waals surface area contributed by atoms with Gasteiger partial charge in [-0.3, -0.25) is 9.59 Å². The van der Waals surface area contributed by atoms with Gasteiger partial charge in [0.1, 0.15) is 6.04 Å². The van der Waals surface area contributed by atoms with Crippen molar-refractivity contribution in [1.82, 2.24) is 15.1 Å². The third-order valence-corrected chi connectivity index (χ3v) is 6.08. The predicted molar refractivity (Wildman–Crippen MR) is 88.6 cm³/mol. The molecule has 3 fully saturated rings. The number of unbranched alkanes of at least 4 members (excludes halogenated alkanes) is 1. The predicted octanol–water partition coefficient (Wildman–Crippen LogP) is 1.43. The van der Waals surface area contributed by atoms with Gasteiger partial charge in [0.15, 0.2) is 0 Å². The minimum Gasteiger partial charge on any atom is -0.339 e. The number of fused-ring (bicyclic) bond motifs is 2. The first-order valence-corrected chi connectivity index (χ1v) is 9.76. The van der Waals surface area contributed by atoms with Crippen LogP contribution in [0.25, 0.3) is 0 Å². The molecule has 3 unspecified atom stereocenters. The fourth-order valence-electron chi connectivity index (χ4n) is 3.72. The lowest BCUT2D eigenvalue weighted by Gasteiger charge is -2.30. The summed E-state index contributed by atoms with van der Waals surface area (Å²) in [6, 6.07) is 0.809. The van der Waals surface area contributed by atoms with Crippen molar-refractivity contribution in [3.8, 4) is 0 Å². The van der Waals surface area contributed by atoms with Gasteiger partial charge < -0.3 is 15.1 Å². The maximum Gasteiger partial charge on any atom is 0.246 e. The zero-order chi connectivity index (χ0) is 15.5. The van der Waals surface area contributed by atoms with Gasteiger partial charge in [0.2, 0.25) is 11.8 Å². The van der Waals surface area contributed by atoms with E-state index in [0.717, 1.165) is 38.1 Å². The average molecular weight is 325 g/mol. The van der Waals surface area contributed by atoms with Crippen molar-refractivity contribution < 1.29 is 9.59 Å². The molecule has 0 aromatic rings. The molecule has 3 atom stereocenters. The van der Waals surface area contributed by atoms with E-state index in [-0.39, 0.29) is 17.9 Å². The molecule has 22 heavy (non-hydrogen) atoms. The Morgan fingerprint density at radius 2 is 2.05 bits per heavy atom. The molecule has 5 nitrogen and oxygen atoms in total. The monoisotopic (exact) mass is 325 g/mol. The second-order valence-corrected chi connectivity index (χ2v) is 7.69. The van der Waals surface area contributed by atoms with E-state index in [2.05, 4.69) is 12.2 Å². The van der Waals surface area contributed by atoms with Crippen molar-refractivity contribution in [2.75, 3.05) is 24.7 Å². The summed E-state index contributed by atoms with van der Waals surface area (Å²) in [6.07, 6.45) is 5.98. The normalized spacial score (nSPS) is 31.4. The van der Waals surface area contributed by atoms with Crippen LogP contribution in [0, 0.1) is 0 Å². The lowest BCUT2D eigenvalue weighted by Crippen LogP contribution is -2.51. The largest absolute Gasteiger partial charge is 0.339 e. The molecular formula is C16H27N3O2S. The van der Waals surface area contributed by atoms with Crippen LogP contribution in [-0.4, -0.2) is 64.5 Å². The quantitative estimate of drug-likeness (QED) is 0.850. The highest BCUT2D eigenvalue weighted by Crippen LogP contribution is 2.26. The highest BCUT2D eigenvalue weighted by molar-refractivity contribution is 7.99. The van der Waals surface area contributed by atoms with E-state index in [1.807, 2.05) is 9.80 Å². The van der Waals surface area contributed by atoms with Gasteiger partial charge in [-0.15, -0.1) is 11.8 Å². The summed E-state index contributed by atoms with van der Waals surface area (Å²) in [7, 11) is 0. The van der Waals surface area contributed by atoms with Crippen molar-refractivity contribution in [3.63, 3.8) is 0 Å². The summed E-state index contributed by atoms with van der Waals surface area (Å²) in [5.74, 6) is 1.76. The molecule has 1 N–H and O–H groups in total. The molecule has 2 bridgehead atoms. The van der Waals surface area contributed by atoms with Gasteiger partial charge in [-0.1, -0.05) is 13.3 Å². The number of amides is 2. The molecule has 3 heterocycles. The number of hydrogen-bond donors (Lipinski definition) is 1. The van der Waals surface area contributed by atoms with Crippen LogP contribution < -0.4 is 5.32 Å². The third kappa shape index (κ3) is 3.43. The van der Waals surface area contributed by atoms with Crippen LogP contribution in [0.1, 0.15) is 45.4 Å². The fraction of sp³-hybridized carbons (Fsp3) is 0.875. The molecule has 0 radical (unpaired) electrons. The Balaban J connectivity index is 1.61. The van der Waals surface area contributed by atoms with E-state index in [0.29, 0.717) is 24.4 Å². The second-order valence-electron chi connectivity index (χ2n) is 6.69. The molecular weight excluding hydrogens is 298 g/mol. The topological polar surface area (TPSA) is 52.7 Å². The Kier molecular flexibility index (Phi) is 5.29. The SMILES string of the molecule is CCCCC(=O)N1CSCC1C(=O)N1CCC2CCC(C1)N2. The first-order valence-electron chi connectivity index (χ1n) is 8.61. The molecule has 3 rings (SSSR count). The van der Waals surface area contributed by atoms with E-state index < -0.39 is 0 Å². The van der Waals surface area contributed by atoms with Gasteiger partial charge in [0.05, 0.1) is 5.88 Å². The number of carbonyl (C=O) groups is 2. The Bertz CT molecular complexity index is 432. The molecule has 3 aliphatic heterocycles. The van der Waals surface area contributed by atoms with Gasteiger partial charge in [-0.2, -0.15) is 0 Å². The summed E-state index contributed by atoms with van der Waals surface area (Å²) >= 11 is 1.71. The minimum absolute atomic E-state index is 0.152. The minimum atomic E-state index is -0.231. The zero-order valence-electron chi connectivity index (χ0n) is 13.4. The van der Waals surface area contributed by atoms with Crippen molar-refractivity contribution in [1.29, 1.82) is 0 Å². The highest BCUT2D eigenvalue weighted by atomic mass is 32.2. The van der Waals surface area contributed by atoms with Gasteiger partial charge in [-0.25, -0.2) is 0 Å². The third-order valence-electron chi connectivity index (χ3n) is 5.07. The van der Waals surface area contributed by atoms with Gasteiger partial charge in [0.25, 0.3) is 0 Å². The van der Waals surface area contributed by atoms with E-state index in [4.69, 9.17) is 0 Å². The number of likely N-dealkylation sites (tertiary alicyclic amines) is 1. The molecule has 0 aromatic heterocycles. The van der Waals surface area contributed by atoms with Crippen molar-refractivity contribution in [2.24, 2.45) is 0 Å². The highest BCUT2D eigenvalue weighted by Gasteiger charge is 2.39. The first-order chi connectivity index (χ1) is 10.7. The van der Waals surface area contributed by atoms with E-state index in [1.54, 1.807) is 11.8 Å². The van der Waals surface area contributed by atoms with Crippen LogP contribution in [0.5, 0.6) is 0 Å². The van der Waals surface area contributed by atoms with E-state index in [9.17, 15) is 9.59 Å². The number of hydrogen-bond acceptors (Lipinski definition) is 4. The van der Waals surface area contributed by atoms with Crippen molar-refractivity contribution >= 4 is 23.6 Å². The smallest absolute Gasteiger partial charge is 0.246 e. The Morgan fingerprint density at radius 3 is 2.86 bits per heavy atom. The van der Waals surface area contributed by atoms with Crippen LogP contribution in [-0.2, 0) is 9.59 Å². The lowest BCUT2D eigenvalue weighted by atomic mass is 10.1. The van der Waals surface area contributed by atoms with Crippen molar-refractivity contribution in [2.45, 2.75) is 63.6 Å². The zero-order valence-corrected chi connectivity index (χ0v) is 14.2. The van der Waals surface area contributed by atoms with Gasteiger partial charge >= 0.3 is 0 Å². The fourth-order valence-corrected chi connectivity index (χ4v) is 4.89. The number of nitrogens with one attached hydrogen (secondary N) is 1. The maximum absolute atomic E-state index is 12.9. The summed E-state index contributed by atoms with van der Waals surface area (Å²) in [4.78, 5) is 29.1. The molecule has 2 amide bonds. The summed E-state index contributed by atoms with van der Waals surface area (Å²) in [6.45, 7) is 3.74. The molecule has 6 heteroatoms. The summed E-state index contributed by atoms with van der Waals surface area (Å²) in [5, 5.41) is 3.61. The maximum atomic E-state index is 12.9. The molecule has 124 valence electrons. The Labute approximate surface area is 137 Å². The Morgan fingerprint density at radius 1 is 1.23 bits per heavy atom.